The summed E-state index contributed by atoms with van der Waals surface area (Å²) in [6.45, 7) is 1.30. The number of hydrogen-bond acceptors (Lipinski definition) is 4. The highest BCUT2D eigenvalue weighted by Gasteiger charge is 2.46. The maximum Gasteiger partial charge on any atom is 0.226 e. The number of allylic oxidation sites excluding steroid dienone is 2. The Bertz CT molecular complexity index is 581. The average Bonchev–Trinajstić information content (AvgIpc) is 3.25. The van der Waals surface area contributed by atoms with Gasteiger partial charge in [-0.05, 0) is 37.8 Å². The molecule has 0 spiro atoms. The Kier molecular flexibility index (Phi) is 4.04. The number of nitrogens with zero attached hydrogens (tertiary/aromatic N) is 2. The minimum atomic E-state index is -0.0257. The van der Waals surface area contributed by atoms with E-state index >= 15 is 0 Å². The zero-order valence-electron chi connectivity index (χ0n) is 13.1. The highest BCUT2D eigenvalue weighted by molar-refractivity contribution is 5.80. The lowest BCUT2D eigenvalue weighted by atomic mass is 10.0. The van der Waals surface area contributed by atoms with E-state index < -0.39 is 0 Å². The molecule has 2 heterocycles. The van der Waals surface area contributed by atoms with Crippen LogP contribution >= 0.6 is 0 Å². The SMILES string of the molecule is O=C(C1CC=CC1)N1CCO[C@H]2[C@H](Oc3cccnc3)CC[C@@H]21. The molecule has 0 bridgehead atoms. The molecule has 0 N–H and O–H groups in total. The molecule has 1 aromatic rings. The number of pyridine rings is 1. The third-order valence-corrected chi connectivity index (χ3v) is 5.10. The smallest absolute Gasteiger partial charge is 0.226 e. The Morgan fingerprint density at radius 2 is 2.17 bits per heavy atom. The first-order valence-electron chi connectivity index (χ1n) is 8.46. The van der Waals surface area contributed by atoms with Crippen molar-refractivity contribution in [1.82, 2.24) is 9.88 Å². The summed E-state index contributed by atoms with van der Waals surface area (Å²) >= 11 is 0. The van der Waals surface area contributed by atoms with Crippen LogP contribution in [0, 0.1) is 5.92 Å². The molecule has 1 saturated carbocycles. The molecule has 2 fully saturated rings. The van der Waals surface area contributed by atoms with Gasteiger partial charge in [-0.3, -0.25) is 9.78 Å². The molecule has 1 aliphatic heterocycles. The highest BCUT2D eigenvalue weighted by atomic mass is 16.5. The van der Waals surface area contributed by atoms with Crippen molar-refractivity contribution in [2.45, 2.75) is 43.9 Å². The van der Waals surface area contributed by atoms with Crippen LogP contribution in [0.5, 0.6) is 5.75 Å². The van der Waals surface area contributed by atoms with Crippen molar-refractivity contribution in [2.75, 3.05) is 13.2 Å². The Balaban J connectivity index is 1.45. The lowest BCUT2D eigenvalue weighted by Gasteiger charge is -2.40. The summed E-state index contributed by atoms with van der Waals surface area (Å²) in [6.07, 6.45) is 11.3. The van der Waals surface area contributed by atoms with E-state index in [1.165, 1.54) is 0 Å². The lowest BCUT2D eigenvalue weighted by molar-refractivity contribution is -0.151. The fourth-order valence-electron chi connectivity index (χ4n) is 3.96. The van der Waals surface area contributed by atoms with E-state index in [-0.39, 0.29) is 30.1 Å². The summed E-state index contributed by atoms with van der Waals surface area (Å²) in [5.41, 5.74) is 0. The fourth-order valence-corrected chi connectivity index (χ4v) is 3.96. The van der Waals surface area contributed by atoms with Gasteiger partial charge in [-0.25, -0.2) is 0 Å². The van der Waals surface area contributed by atoms with Crippen LogP contribution in [0.1, 0.15) is 25.7 Å². The molecule has 1 saturated heterocycles. The number of carbonyl (C=O) groups is 1. The van der Waals surface area contributed by atoms with Gasteiger partial charge in [-0.1, -0.05) is 12.2 Å². The number of aromatic nitrogens is 1. The average molecular weight is 314 g/mol. The normalized spacial score (nSPS) is 30.4. The van der Waals surface area contributed by atoms with Crippen LogP contribution in [0.2, 0.25) is 0 Å². The lowest BCUT2D eigenvalue weighted by Crippen LogP contribution is -2.55. The third kappa shape index (κ3) is 2.85. The Labute approximate surface area is 136 Å². The number of fused-ring (bicyclic) bond motifs is 1. The quantitative estimate of drug-likeness (QED) is 0.803. The Morgan fingerprint density at radius 1 is 1.30 bits per heavy atom. The summed E-state index contributed by atoms with van der Waals surface area (Å²) in [4.78, 5) is 18.9. The van der Waals surface area contributed by atoms with Crippen LogP contribution in [-0.2, 0) is 9.53 Å². The van der Waals surface area contributed by atoms with Gasteiger partial charge >= 0.3 is 0 Å². The molecule has 2 aliphatic carbocycles. The molecule has 4 rings (SSSR count). The van der Waals surface area contributed by atoms with Crippen LogP contribution in [0.15, 0.2) is 36.7 Å². The minimum absolute atomic E-state index is 0.00139. The van der Waals surface area contributed by atoms with Gasteiger partial charge in [0.25, 0.3) is 0 Å². The van der Waals surface area contributed by atoms with Crippen LogP contribution in [-0.4, -0.2) is 47.2 Å². The van der Waals surface area contributed by atoms with Crippen molar-refractivity contribution in [3.8, 4) is 5.75 Å². The standard InChI is InChI=1S/C18H22N2O3/c21-18(13-4-1-2-5-13)20-10-11-22-17-15(20)7-8-16(17)23-14-6-3-9-19-12-14/h1-3,6,9,12-13,15-17H,4-5,7-8,10-11H2/t15-,16+,17+/m0/s1. The molecule has 5 nitrogen and oxygen atoms in total. The second kappa shape index (κ2) is 6.32. The molecule has 1 aromatic heterocycles. The van der Waals surface area contributed by atoms with E-state index in [0.29, 0.717) is 13.2 Å². The van der Waals surface area contributed by atoms with E-state index in [2.05, 4.69) is 22.0 Å². The summed E-state index contributed by atoms with van der Waals surface area (Å²) in [5, 5.41) is 0. The molecule has 0 radical (unpaired) electrons. The molecule has 3 atom stereocenters. The molecule has 1 amide bonds. The van der Waals surface area contributed by atoms with Gasteiger partial charge in [0, 0.05) is 18.7 Å². The molecule has 5 heteroatoms. The minimum Gasteiger partial charge on any atom is -0.486 e. The molecule has 0 aromatic carbocycles. The fraction of sp³-hybridized carbons (Fsp3) is 0.556. The van der Waals surface area contributed by atoms with Gasteiger partial charge in [0.2, 0.25) is 5.91 Å². The van der Waals surface area contributed by atoms with Crippen LogP contribution < -0.4 is 4.74 Å². The molecule has 23 heavy (non-hydrogen) atoms. The largest absolute Gasteiger partial charge is 0.486 e. The number of ether oxygens (including phenoxy) is 2. The molecule has 3 aliphatic rings. The zero-order valence-corrected chi connectivity index (χ0v) is 13.1. The van der Waals surface area contributed by atoms with Gasteiger partial charge in [-0.15, -0.1) is 0 Å². The maximum atomic E-state index is 12.8. The second-order valence-corrected chi connectivity index (χ2v) is 6.50. The number of hydrogen-bond donors (Lipinski definition) is 0. The second-order valence-electron chi connectivity index (χ2n) is 6.50. The summed E-state index contributed by atoms with van der Waals surface area (Å²) in [6, 6.07) is 3.93. The maximum absolute atomic E-state index is 12.8. The van der Waals surface area contributed by atoms with E-state index in [9.17, 15) is 4.79 Å². The monoisotopic (exact) mass is 314 g/mol. The van der Waals surface area contributed by atoms with Crippen LogP contribution in [0.4, 0.5) is 0 Å². The van der Waals surface area contributed by atoms with Crippen molar-refractivity contribution in [3.63, 3.8) is 0 Å². The Morgan fingerprint density at radius 3 is 2.96 bits per heavy atom. The van der Waals surface area contributed by atoms with Gasteiger partial charge in [-0.2, -0.15) is 0 Å². The highest BCUT2D eigenvalue weighted by Crippen LogP contribution is 2.34. The zero-order chi connectivity index (χ0) is 15.6. The topological polar surface area (TPSA) is 51.7 Å². The van der Waals surface area contributed by atoms with Gasteiger partial charge < -0.3 is 14.4 Å². The summed E-state index contributed by atoms with van der Waals surface area (Å²) in [5.74, 6) is 1.19. The molecule has 0 unspecified atom stereocenters. The summed E-state index contributed by atoms with van der Waals surface area (Å²) < 4.78 is 12.0. The molecular formula is C18H22N2O3. The van der Waals surface area contributed by atoms with Gasteiger partial charge in [0.15, 0.2) is 0 Å². The van der Waals surface area contributed by atoms with Gasteiger partial charge in [0.05, 0.1) is 18.8 Å². The first-order chi connectivity index (χ1) is 11.3. The van der Waals surface area contributed by atoms with Crippen LogP contribution in [0.3, 0.4) is 0 Å². The predicted molar refractivity (Wildman–Crippen MR) is 85.0 cm³/mol. The van der Waals surface area contributed by atoms with E-state index in [0.717, 1.165) is 31.4 Å². The van der Waals surface area contributed by atoms with Crippen molar-refractivity contribution in [2.24, 2.45) is 5.92 Å². The van der Waals surface area contributed by atoms with E-state index in [4.69, 9.17) is 9.47 Å². The summed E-state index contributed by atoms with van der Waals surface area (Å²) in [7, 11) is 0. The van der Waals surface area contributed by atoms with E-state index in [1.807, 2.05) is 12.1 Å². The molecular weight excluding hydrogens is 292 g/mol. The Hall–Kier alpha value is -1.88. The van der Waals surface area contributed by atoms with Crippen molar-refractivity contribution >= 4 is 5.91 Å². The first kappa shape index (κ1) is 14.7. The van der Waals surface area contributed by atoms with E-state index in [1.54, 1.807) is 12.4 Å². The molecule has 122 valence electrons. The number of carbonyl (C=O) groups excluding carboxylic acids is 1. The van der Waals surface area contributed by atoms with Gasteiger partial charge in [0.1, 0.15) is 18.0 Å². The third-order valence-electron chi connectivity index (χ3n) is 5.10. The number of amides is 1. The van der Waals surface area contributed by atoms with Crippen LogP contribution in [0.25, 0.3) is 0 Å². The number of rotatable bonds is 3. The first-order valence-corrected chi connectivity index (χ1v) is 8.46. The van der Waals surface area contributed by atoms with Crippen molar-refractivity contribution in [1.29, 1.82) is 0 Å². The predicted octanol–water partition coefficient (Wildman–Crippen LogP) is 2.18. The van der Waals surface area contributed by atoms with Crippen molar-refractivity contribution in [3.05, 3.63) is 36.7 Å². The number of morpholine rings is 1. The van der Waals surface area contributed by atoms with Crippen molar-refractivity contribution < 1.29 is 14.3 Å².